The first-order valence-electron chi connectivity index (χ1n) is 7.32. The van der Waals surface area contributed by atoms with Crippen molar-refractivity contribution < 1.29 is 9.59 Å². The molecule has 0 spiro atoms. The van der Waals surface area contributed by atoms with Crippen LogP contribution in [0.3, 0.4) is 0 Å². The van der Waals surface area contributed by atoms with Gasteiger partial charge in [0, 0.05) is 32.5 Å². The molecule has 2 amide bonds. The molecule has 1 aliphatic rings. The fourth-order valence-corrected chi connectivity index (χ4v) is 3.49. The second-order valence-corrected chi connectivity index (χ2v) is 6.43. The lowest BCUT2D eigenvalue weighted by Gasteiger charge is -2.38. The Morgan fingerprint density at radius 2 is 2.22 bits per heavy atom. The highest BCUT2D eigenvalue weighted by atomic mass is 79.9. The largest absolute Gasteiger partial charge is 0.338 e. The first kappa shape index (κ1) is 15.7. The number of nitrogens with zero attached hydrogens (tertiary/aromatic N) is 3. The number of benzene rings is 1. The zero-order valence-electron chi connectivity index (χ0n) is 12.8. The smallest absolute Gasteiger partial charge is 0.245 e. The number of likely N-dealkylation sites (tertiary alicyclic amines) is 1. The average molecular weight is 377 g/mol. The van der Waals surface area contributed by atoms with Crippen molar-refractivity contribution in [1.82, 2.24) is 14.7 Å². The maximum Gasteiger partial charge on any atom is 0.245 e. The zero-order valence-corrected chi connectivity index (χ0v) is 14.3. The van der Waals surface area contributed by atoms with Gasteiger partial charge in [0.15, 0.2) is 0 Å². The van der Waals surface area contributed by atoms with E-state index >= 15 is 0 Å². The van der Waals surface area contributed by atoms with Crippen LogP contribution in [0.2, 0.25) is 0 Å². The summed E-state index contributed by atoms with van der Waals surface area (Å²) in [4.78, 5) is 25.3. The molecule has 1 N–H and O–H groups in total. The monoisotopic (exact) mass is 376 g/mol. The number of halogens is 1. The van der Waals surface area contributed by atoms with Crippen molar-refractivity contribution in [3.05, 3.63) is 35.5 Å². The minimum Gasteiger partial charge on any atom is -0.338 e. The van der Waals surface area contributed by atoms with Crippen molar-refractivity contribution in [3.63, 3.8) is 0 Å². The van der Waals surface area contributed by atoms with E-state index in [1.165, 1.54) is 6.08 Å². The third-order valence-electron chi connectivity index (χ3n) is 4.03. The Morgan fingerprint density at radius 1 is 1.48 bits per heavy atom. The number of hydrogen-bond acceptors (Lipinski definition) is 3. The zero-order chi connectivity index (χ0) is 16.6. The number of aromatic nitrogens is 2. The van der Waals surface area contributed by atoms with Crippen LogP contribution >= 0.6 is 15.9 Å². The van der Waals surface area contributed by atoms with Crippen LogP contribution in [0.4, 0.5) is 5.69 Å². The molecule has 0 atom stereocenters. The summed E-state index contributed by atoms with van der Waals surface area (Å²) in [6.07, 6.45) is 1.70. The van der Waals surface area contributed by atoms with Crippen LogP contribution in [0.5, 0.6) is 0 Å². The lowest BCUT2D eigenvalue weighted by atomic mass is 9.95. The number of aryl methyl sites for hydroxylation is 1. The predicted octanol–water partition coefficient (Wildman–Crippen LogP) is 2.31. The summed E-state index contributed by atoms with van der Waals surface area (Å²) in [6.45, 7) is 4.68. The Labute approximate surface area is 142 Å². The van der Waals surface area contributed by atoms with Gasteiger partial charge >= 0.3 is 0 Å². The average Bonchev–Trinajstić information content (AvgIpc) is 2.77. The quantitative estimate of drug-likeness (QED) is 0.832. The molecule has 0 aliphatic carbocycles. The van der Waals surface area contributed by atoms with E-state index in [0.717, 1.165) is 16.6 Å². The van der Waals surface area contributed by atoms with Crippen LogP contribution in [0.1, 0.15) is 6.42 Å². The minimum atomic E-state index is -0.0780. The lowest BCUT2D eigenvalue weighted by molar-refractivity contribution is -0.134. The number of rotatable bonds is 4. The van der Waals surface area contributed by atoms with Crippen LogP contribution in [0.15, 0.2) is 35.5 Å². The van der Waals surface area contributed by atoms with Crippen molar-refractivity contribution in [2.24, 2.45) is 13.0 Å². The van der Waals surface area contributed by atoms with Crippen LogP contribution in [-0.4, -0.2) is 39.6 Å². The van der Waals surface area contributed by atoms with Crippen LogP contribution < -0.4 is 5.32 Å². The van der Waals surface area contributed by atoms with Crippen LogP contribution in [0.25, 0.3) is 10.9 Å². The third kappa shape index (κ3) is 3.01. The first-order valence-corrected chi connectivity index (χ1v) is 8.11. The fraction of sp³-hybridized carbons (Fsp3) is 0.312. The van der Waals surface area contributed by atoms with Gasteiger partial charge in [-0.1, -0.05) is 12.6 Å². The Balaban J connectivity index is 1.65. The van der Waals surface area contributed by atoms with Gasteiger partial charge in [0.05, 0.1) is 16.6 Å². The lowest BCUT2D eigenvalue weighted by Crippen LogP contribution is -2.50. The Morgan fingerprint density at radius 3 is 2.91 bits per heavy atom. The summed E-state index contributed by atoms with van der Waals surface area (Å²) < 4.78 is 2.47. The molecule has 1 saturated heterocycles. The van der Waals surface area contributed by atoms with E-state index in [1.54, 1.807) is 9.58 Å². The maximum atomic E-state index is 12.2. The van der Waals surface area contributed by atoms with E-state index in [4.69, 9.17) is 0 Å². The molecule has 3 rings (SSSR count). The molecule has 0 radical (unpaired) electrons. The molecule has 1 aliphatic heterocycles. The van der Waals surface area contributed by atoms with Gasteiger partial charge < -0.3 is 10.2 Å². The van der Waals surface area contributed by atoms with E-state index < -0.39 is 0 Å². The molecule has 0 bridgehead atoms. The number of anilines is 1. The van der Waals surface area contributed by atoms with Crippen molar-refractivity contribution in [1.29, 1.82) is 0 Å². The van der Waals surface area contributed by atoms with Gasteiger partial charge in [-0.3, -0.25) is 14.3 Å². The molecule has 0 unspecified atom stereocenters. The first-order chi connectivity index (χ1) is 11.0. The standard InChI is InChI=1S/C16H17BrN4O2/c1-3-14(23)21-8-10(9-21)7-13(22)18-11-5-4-6-12-15(11)16(17)19-20(12)2/h3-6,10H,1,7-9H2,2H3,(H,18,22). The minimum absolute atomic E-state index is 0.0519. The third-order valence-corrected chi connectivity index (χ3v) is 4.58. The van der Waals surface area contributed by atoms with E-state index in [-0.39, 0.29) is 17.7 Å². The van der Waals surface area contributed by atoms with E-state index in [1.807, 2.05) is 25.2 Å². The maximum absolute atomic E-state index is 12.2. The number of fused-ring (bicyclic) bond motifs is 1. The molecule has 1 fully saturated rings. The molecule has 1 aromatic carbocycles. The van der Waals surface area contributed by atoms with Crippen LogP contribution in [-0.2, 0) is 16.6 Å². The highest BCUT2D eigenvalue weighted by molar-refractivity contribution is 9.10. The topological polar surface area (TPSA) is 67.2 Å². The predicted molar refractivity (Wildman–Crippen MR) is 91.9 cm³/mol. The van der Waals surface area contributed by atoms with Gasteiger partial charge in [0.25, 0.3) is 0 Å². The Hall–Kier alpha value is -2.15. The van der Waals surface area contributed by atoms with E-state index in [9.17, 15) is 9.59 Å². The van der Waals surface area contributed by atoms with Gasteiger partial charge in [-0.15, -0.1) is 0 Å². The molecule has 6 nitrogen and oxygen atoms in total. The van der Waals surface area contributed by atoms with Gasteiger partial charge in [0.2, 0.25) is 11.8 Å². The highest BCUT2D eigenvalue weighted by Crippen LogP contribution is 2.30. The Bertz CT molecular complexity index is 793. The summed E-state index contributed by atoms with van der Waals surface area (Å²) in [5.41, 5.74) is 1.69. The molecule has 120 valence electrons. The second-order valence-electron chi connectivity index (χ2n) is 5.68. The molecule has 2 aromatic rings. The second kappa shape index (κ2) is 6.16. The number of nitrogens with one attached hydrogen (secondary N) is 1. The van der Waals surface area contributed by atoms with Gasteiger partial charge in [0.1, 0.15) is 4.60 Å². The summed E-state index contributed by atoms with van der Waals surface area (Å²) in [5, 5.41) is 8.15. The van der Waals surface area contributed by atoms with Gasteiger partial charge in [-0.25, -0.2) is 0 Å². The van der Waals surface area contributed by atoms with Gasteiger partial charge in [-0.05, 0) is 34.1 Å². The van der Waals surface area contributed by atoms with Gasteiger partial charge in [-0.2, -0.15) is 5.10 Å². The molecule has 1 aromatic heterocycles. The number of amides is 2. The molecule has 0 saturated carbocycles. The van der Waals surface area contributed by atoms with Crippen molar-refractivity contribution >= 4 is 44.3 Å². The molecular formula is C16H17BrN4O2. The van der Waals surface area contributed by atoms with Crippen molar-refractivity contribution in [2.45, 2.75) is 6.42 Å². The summed E-state index contributed by atoms with van der Waals surface area (Å²) >= 11 is 3.43. The summed E-state index contributed by atoms with van der Waals surface area (Å²) in [5.74, 6) is 0.0742. The summed E-state index contributed by atoms with van der Waals surface area (Å²) in [6, 6.07) is 5.70. The SMILES string of the molecule is C=CC(=O)N1CC(CC(=O)Nc2cccc3c2c(Br)nn3C)C1. The van der Waals surface area contributed by atoms with Crippen molar-refractivity contribution in [3.8, 4) is 0 Å². The summed E-state index contributed by atoms with van der Waals surface area (Å²) in [7, 11) is 1.86. The normalized spacial score (nSPS) is 14.6. The Kier molecular flexibility index (Phi) is 4.21. The number of hydrogen-bond donors (Lipinski definition) is 1. The van der Waals surface area contributed by atoms with Crippen molar-refractivity contribution in [2.75, 3.05) is 18.4 Å². The highest BCUT2D eigenvalue weighted by Gasteiger charge is 2.30. The molecule has 23 heavy (non-hydrogen) atoms. The molecule has 2 heterocycles. The fourth-order valence-electron chi connectivity index (χ4n) is 2.84. The number of carbonyl (C=O) groups is 2. The van der Waals surface area contributed by atoms with E-state index in [2.05, 4.69) is 32.9 Å². The molecule has 7 heteroatoms. The molecular weight excluding hydrogens is 360 g/mol. The van der Waals surface area contributed by atoms with E-state index in [0.29, 0.717) is 24.1 Å². The number of carbonyl (C=O) groups excluding carboxylic acids is 2. The van der Waals surface area contributed by atoms with Crippen LogP contribution in [0, 0.1) is 5.92 Å².